The molecule has 1 aliphatic heterocycles. The third kappa shape index (κ3) is 8.94. The zero-order valence-corrected chi connectivity index (χ0v) is 25.1. The van der Waals surface area contributed by atoms with Gasteiger partial charge in [-0.1, -0.05) is 103 Å². The molecule has 1 fully saturated rings. The van der Waals surface area contributed by atoms with Crippen LogP contribution in [-0.4, -0.2) is 40.7 Å². The highest BCUT2D eigenvalue weighted by molar-refractivity contribution is 5.95. The van der Waals surface area contributed by atoms with Gasteiger partial charge in [-0.25, -0.2) is 0 Å². The molecular weight excluding hydrogens is 573 g/mol. The van der Waals surface area contributed by atoms with E-state index >= 15 is 0 Å². The van der Waals surface area contributed by atoms with Gasteiger partial charge in [0.15, 0.2) is 0 Å². The first-order chi connectivity index (χ1) is 21.8. The average Bonchev–Trinajstić information content (AvgIpc) is 3.06. The van der Waals surface area contributed by atoms with E-state index < -0.39 is 17.8 Å². The lowest BCUT2D eigenvalue weighted by atomic mass is 9.89. The van der Waals surface area contributed by atoms with Crippen LogP contribution in [0.25, 0.3) is 6.08 Å². The van der Waals surface area contributed by atoms with Crippen LogP contribution in [0.3, 0.4) is 0 Å². The second-order valence-electron chi connectivity index (χ2n) is 11.6. The van der Waals surface area contributed by atoms with Gasteiger partial charge in [-0.3, -0.25) is 9.59 Å². The number of amides is 2. The molecule has 0 aliphatic carbocycles. The van der Waals surface area contributed by atoms with Crippen LogP contribution in [0.2, 0.25) is 0 Å². The second kappa shape index (κ2) is 14.9. The van der Waals surface area contributed by atoms with Crippen LogP contribution in [0.1, 0.15) is 40.7 Å². The first-order valence-electron chi connectivity index (χ1n) is 15.3. The van der Waals surface area contributed by atoms with E-state index in [1.807, 2.05) is 83.8 Å². The fourth-order valence-corrected chi connectivity index (χ4v) is 5.85. The van der Waals surface area contributed by atoms with Crippen LogP contribution >= 0.6 is 0 Å². The second-order valence-corrected chi connectivity index (χ2v) is 11.6. The number of rotatable bonds is 10. The Morgan fingerprint density at radius 2 is 1.29 bits per heavy atom. The lowest BCUT2D eigenvalue weighted by Crippen LogP contribution is -2.53. The van der Waals surface area contributed by atoms with Gasteiger partial charge in [-0.15, -0.1) is 0 Å². The maximum absolute atomic E-state index is 14.3. The Kier molecular flexibility index (Phi) is 10.5. The molecule has 0 bridgehead atoms. The highest BCUT2D eigenvalue weighted by Crippen LogP contribution is 2.29. The van der Waals surface area contributed by atoms with Gasteiger partial charge in [0.05, 0.1) is 5.56 Å². The van der Waals surface area contributed by atoms with E-state index in [4.69, 9.17) is 0 Å². The minimum atomic E-state index is -4.44. The molecule has 1 heterocycles. The number of nitrogens with zero attached hydrogens (tertiary/aromatic N) is 2. The molecular formula is C38H37F3N2O2. The van der Waals surface area contributed by atoms with E-state index in [0.29, 0.717) is 31.0 Å². The van der Waals surface area contributed by atoms with Crippen molar-refractivity contribution in [2.75, 3.05) is 13.1 Å². The van der Waals surface area contributed by atoms with Crippen LogP contribution in [0.15, 0.2) is 121 Å². The monoisotopic (exact) mass is 610 g/mol. The summed E-state index contributed by atoms with van der Waals surface area (Å²) in [7, 11) is 0. The number of carbonyl (C=O) groups excluding carboxylic acids is 2. The van der Waals surface area contributed by atoms with Gasteiger partial charge in [0.2, 0.25) is 11.8 Å². The summed E-state index contributed by atoms with van der Waals surface area (Å²) in [4.78, 5) is 31.7. The van der Waals surface area contributed by atoms with E-state index in [2.05, 4.69) is 12.1 Å². The van der Waals surface area contributed by atoms with Crippen LogP contribution in [0, 0.1) is 5.92 Å². The molecule has 0 radical (unpaired) electrons. The molecule has 0 unspecified atom stereocenters. The van der Waals surface area contributed by atoms with Gasteiger partial charge < -0.3 is 9.80 Å². The maximum atomic E-state index is 14.3. The van der Waals surface area contributed by atoms with E-state index in [-0.39, 0.29) is 18.4 Å². The number of piperidine rings is 1. The van der Waals surface area contributed by atoms with E-state index in [1.165, 1.54) is 29.8 Å². The summed E-state index contributed by atoms with van der Waals surface area (Å²) in [5.41, 5.74) is 2.82. The minimum Gasteiger partial charge on any atom is -0.341 e. The Balaban J connectivity index is 1.39. The highest BCUT2D eigenvalue weighted by atomic mass is 19.4. The molecule has 4 nitrogen and oxygen atoms in total. The van der Waals surface area contributed by atoms with Crippen molar-refractivity contribution < 1.29 is 22.8 Å². The van der Waals surface area contributed by atoms with Gasteiger partial charge in [0.1, 0.15) is 6.04 Å². The zero-order valence-electron chi connectivity index (χ0n) is 25.1. The molecule has 7 heteroatoms. The van der Waals surface area contributed by atoms with Crippen molar-refractivity contribution in [3.8, 4) is 0 Å². The van der Waals surface area contributed by atoms with Crippen molar-refractivity contribution in [2.24, 2.45) is 5.92 Å². The maximum Gasteiger partial charge on any atom is 0.416 e. The fourth-order valence-electron chi connectivity index (χ4n) is 5.85. The normalized spacial score (nSPS) is 14.8. The molecule has 4 aromatic carbocycles. The first kappa shape index (κ1) is 31.8. The molecule has 0 N–H and O–H groups in total. The highest BCUT2D eigenvalue weighted by Gasteiger charge is 2.34. The molecule has 232 valence electrons. The number of hydrogen-bond donors (Lipinski definition) is 0. The van der Waals surface area contributed by atoms with Crippen molar-refractivity contribution in [2.45, 2.75) is 44.4 Å². The quantitative estimate of drug-likeness (QED) is 0.172. The summed E-state index contributed by atoms with van der Waals surface area (Å²) in [6.07, 6.45) is 1.51. The summed E-state index contributed by atoms with van der Waals surface area (Å²) in [5, 5.41) is 0. The molecule has 2 amide bonds. The molecule has 4 aromatic rings. The third-order valence-electron chi connectivity index (χ3n) is 8.36. The van der Waals surface area contributed by atoms with Gasteiger partial charge in [-0.05, 0) is 65.6 Å². The summed E-state index contributed by atoms with van der Waals surface area (Å²) >= 11 is 0. The molecule has 0 spiro atoms. The number of benzene rings is 4. The number of alkyl halides is 3. The van der Waals surface area contributed by atoms with Crippen molar-refractivity contribution >= 4 is 17.9 Å². The predicted octanol–water partition coefficient (Wildman–Crippen LogP) is 7.84. The van der Waals surface area contributed by atoms with Gasteiger partial charge in [0.25, 0.3) is 0 Å². The average molecular weight is 611 g/mol. The summed E-state index contributed by atoms with van der Waals surface area (Å²) in [6.45, 7) is 1.46. The van der Waals surface area contributed by atoms with E-state index in [1.54, 1.807) is 4.90 Å². The molecule has 1 aliphatic rings. The van der Waals surface area contributed by atoms with Crippen molar-refractivity contribution in [1.29, 1.82) is 0 Å². The van der Waals surface area contributed by atoms with Crippen molar-refractivity contribution in [1.82, 2.24) is 9.80 Å². The lowest BCUT2D eigenvalue weighted by molar-refractivity contribution is -0.145. The Labute approximate surface area is 262 Å². The fraction of sp³-hybridized carbons (Fsp3) is 0.263. The van der Waals surface area contributed by atoms with Gasteiger partial charge >= 0.3 is 6.18 Å². The Hall–Kier alpha value is -4.65. The van der Waals surface area contributed by atoms with Gasteiger partial charge in [-0.2, -0.15) is 13.2 Å². The molecule has 45 heavy (non-hydrogen) atoms. The van der Waals surface area contributed by atoms with Crippen LogP contribution < -0.4 is 0 Å². The summed E-state index contributed by atoms with van der Waals surface area (Å²) in [6, 6.07) is 33.4. The smallest absolute Gasteiger partial charge is 0.341 e. The van der Waals surface area contributed by atoms with Crippen LogP contribution in [0.4, 0.5) is 13.2 Å². The molecule has 5 rings (SSSR count). The number of halogens is 3. The Morgan fingerprint density at radius 1 is 0.756 bits per heavy atom. The Bertz CT molecular complexity index is 1550. The lowest BCUT2D eigenvalue weighted by Gasteiger charge is -2.38. The zero-order chi connectivity index (χ0) is 31.6. The largest absolute Gasteiger partial charge is 0.416 e. The Morgan fingerprint density at radius 3 is 1.84 bits per heavy atom. The van der Waals surface area contributed by atoms with E-state index in [9.17, 15) is 22.8 Å². The van der Waals surface area contributed by atoms with Crippen LogP contribution in [0.5, 0.6) is 0 Å². The van der Waals surface area contributed by atoms with Crippen molar-refractivity contribution in [3.63, 3.8) is 0 Å². The van der Waals surface area contributed by atoms with Crippen LogP contribution in [-0.2, 0) is 35.2 Å². The number of likely N-dealkylation sites (tertiary alicyclic amines) is 1. The number of hydrogen-bond acceptors (Lipinski definition) is 2. The number of carbonyl (C=O) groups is 2. The third-order valence-corrected chi connectivity index (χ3v) is 8.36. The summed E-state index contributed by atoms with van der Waals surface area (Å²) in [5.74, 6) is 0.00830. The SMILES string of the molecule is O=C([C@H](Cc1ccccc1)N(Cc1ccccc1)C(=O)C=Cc1ccc(C(F)(F)F)cc1)N1CCC(Cc2ccccc2)CC1. The first-order valence-corrected chi connectivity index (χ1v) is 15.3. The molecule has 0 saturated carbocycles. The summed E-state index contributed by atoms with van der Waals surface area (Å²) < 4.78 is 39.1. The molecule has 1 saturated heterocycles. The predicted molar refractivity (Wildman–Crippen MR) is 171 cm³/mol. The molecule has 0 aromatic heterocycles. The van der Waals surface area contributed by atoms with E-state index in [0.717, 1.165) is 42.5 Å². The molecule has 1 atom stereocenters. The van der Waals surface area contributed by atoms with Gasteiger partial charge in [0, 0.05) is 32.1 Å². The van der Waals surface area contributed by atoms with Crippen molar-refractivity contribution in [3.05, 3.63) is 149 Å². The minimum absolute atomic E-state index is 0.0933. The topological polar surface area (TPSA) is 40.6 Å². The standard InChI is InChI=1S/C38H37F3N2O2/c39-38(40,41)34-19-16-29(17-20-34)18-21-36(44)43(28-33-14-8-3-9-15-33)35(27-31-12-6-2-7-13-31)37(45)42-24-22-32(23-25-42)26-30-10-4-1-5-11-30/h1-21,32,35H,22-28H2/t35-/m0/s1.